The van der Waals surface area contributed by atoms with Gasteiger partial charge in [0.1, 0.15) is 0 Å². The van der Waals surface area contributed by atoms with Crippen LogP contribution in [-0.4, -0.2) is 33.9 Å². The third-order valence-electron chi connectivity index (χ3n) is 7.64. The van der Waals surface area contributed by atoms with E-state index in [0.29, 0.717) is 11.5 Å². The zero-order valence-electron chi connectivity index (χ0n) is 22.7. The minimum absolute atomic E-state index is 0.448. The summed E-state index contributed by atoms with van der Waals surface area (Å²) in [7, 11) is 0. The van der Waals surface area contributed by atoms with Crippen molar-refractivity contribution in [2.24, 2.45) is 5.73 Å². The average molecular weight is 528 g/mol. The third kappa shape index (κ3) is 5.44. The van der Waals surface area contributed by atoms with Gasteiger partial charge < -0.3 is 11.1 Å². The molecule has 6 nitrogen and oxygen atoms in total. The maximum atomic E-state index is 12.5. The number of carbonyl (C=O) groups excluding carboxylic acids is 1. The summed E-state index contributed by atoms with van der Waals surface area (Å²) < 4.78 is 0. The number of amides is 1. The predicted octanol–water partition coefficient (Wildman–Crippen LogP) is 7.10. The van der Waals surface area contributed by atoms with Crippen molar-refractivity contribution in [1.82, 2.24) is 14.9 Å². The van der Waals surface area contributed by atoms with Crippen LogP contribution < -0.4 is 11.1 Å². The molecule has 6 rings (SSSR count). The van der Waals surface area contributed by atoms with E-state index in [9.17, 15) is 4.79 Å². The lowest BCUT2D eigenvalue weighted by atomic mass is 9.93. The lowest BCUT2D eigenvalue weighted by Crippen LogP contribution is -2.29. The number of fused-ring (bicyclic) bond motifs is 1. The van der Waals surface area contributed by atoms with Crippen LogP contribution in [0.3, 0.4) is 0 Å². The van der Waals surface area contributed by atoms with Crippen LogP contribution in [0.1, 0.15) is 40.7 Å². The fourth-order valence-corrected chi connectivity index (χ4v) is 5.57. The number of nitrogens with zero attached hydrogens (tertiary/aromatic N) is 3. The van der Waals surface area contributed by atoms with Gasteiger partial charge in [-0.3, -0.25) is 9.69 Å². The Morgan fingerprint density at radius 2 is 1.62 bits per heavy atom. The molecular formula is C34H33N5O. The molecule has 0 unspecified atom stereocenters. The molecule has 40 heavy (non-hydrogen) atoms. The van der Waals surface area contributed by atoms with Gasteiger partial charge in [0.25, 0.3) is 0 Å². The van der Waals surface area contributed by atoms with E-state index >= 15 is 0 Å². The molecule has 0 saturated carbocycles. The van der Waals surface area contributed by atoms with E-state index in [1.165, 1.54) is 24.8 Å². The quantitative estimate of drug-likeness (QED) is 0.236. The molecule has 3 N–H and O–H groups in total. The number of nitrogens with one attached hydrogen (secondary N) is 1. The molecule has 0 aliphatic carbocycles. The van der Waals surface area contributed by atoms with E-state index < -0.39 is 5.91 Å². The van der Waals surface area contributed by atoms with Gasteiger partial charge in [0, 0.05) is 28.7 Å². The molecule has 1 aliphatic heterocycles. The fourth-order valence-electron chi connectivity index (χ4n) is 5.57. The maximum Gasteiger partial charge on any atom is 0.249 e. The van der Waals surface area contributed by atoms with Crippen molar-refractivity contribution in [2.45, 2.75) is 32.7 Å². The van der Waals surface area contributed by atoms with Crippen molar-refractivity contribution in [3.05, 3.63) is 108 Å². The lowest BCUT2D eigenvalue weighted by molar-refractivity contribution is 0.100. The maximum absolute atomic E-state index is 12.5. The van der Waals surface area contributed by atoms with Crippen LogP contribution in [0.2, 0.25) is 0 Å². The Labute approximate surface area is 234 Å². The highest BCUT2D eigenvalue weighted by molar-refractivity contribution is 6.01. The number of carbonyl (C=O) groups is 1. The largest absolute Gasteiger partial charge is 0.366 e. The van der Waals surface area contributed by atoms with Crippen molar-refractivity contribution in [3.63, 3.8) is 0 Å². The number of anilines is 2. The molecule has 0 bridgehead atoms. The summed E-state index contributed by atoms with van der Waals surface area (Å²) in [6, 6.07) is 30.3. The molecule has 1 fully saturated rings. The highest BCUT2D eigenvalue weighted by atomic mass is 16.1. The number of rotatable bonds is 7. The molecule has 1 amide bonds. The van der Waals surface area contributed by atoms with Crippen LogP contribution in [-0.2, 0) is 6.54 Å². The summed E-state index contributed by atoms with van der Waals surface area (Å²) in [5.74, 6) is 0.0431. The number of nitrogens with two attached hydrogens (primary N) is 1. The van der Waals surface area contributed by atoms with Gasteiger partial charge in [-0.2, -0.15) is 0 Å². The predicted molar refractivity (Wildman–Crippen MR) is 163 cm³/mol. The second kappa shape index (κ2) is 11.3. The molecule has 5 aromatic rings. The van der Waals surface area contributed by atoms with Gasteiger partial charge in [-0.15, -0.1) is 0 Å². The van der Waals surface area contributed by atoms with Gasteiger partial charge in [0.2, 0.25) is 11.9 Å². The van der Waals surface area contributed by atoms with E-state index in [0.717, 1.165) is 64.2 Å². The summed E-state index contributed by atoms with van der Waals surface area (Å²) in [6.07, 6.45) is 3.81. The van der Waals surface area contributed by atoms with Crippen LogP contribution in [0.15, 0.2) is 91.0 Å². The number of primary amides is 1. The zero-order valence-corrected chi connectivity index (χ0v) is 22.7. The molecular weight excluding hydrogens is 494 g/mol. The molecule has 2 heterocycles. The Morgan fingerprint density at radius 3 is 2.42 bits per heavy atom. The van der Waals surface area contributed by atoms with Gasteiger partial charge >= 0.3 is 0 Å². The number of hydrogen-bond donors (Lipinski definition) is 2. The molecule has 0 radical (unpaired) electrons. The first-order valence-corrected chi connectivity index (χ1v) is 13.9. The summed E-state index contributed by atoms with van der Waals surface area (Å²) in [4.78, 5) is 24.7. The van der Waals surface area contributed by atoms with Gasteiger partial charge in [-0.1, -0.05) is 67.1 Å². The highest BCUT2D eigenvalue weighted by Gasteiger charge is 2.17. The van der Waals surface area contributed by atoms with Crippen molar-refractivity contribution in [2.75, 3.05) is 18.4 Å². The van der Waals surface area contributed by atoms with Crippen LogP contribution in [0.25, 0.3) is 33.3 Å². The highest BCUT2D eigenvalue weighted by Crippen LogP contribution is 2.33. The summed E-state index contributed by atoms with van der Waals surface area (Å²) >= 11 is 0. The molecule has 4 aromatic carbocycles. The number of benzene rings is 4. The minimum Gasteiger partial charge on any atom is -0.366 e. The number of aryl methyl sites for hydroxylation is 1. The molecule has 200 valence electrons. The number of likely N-dealkylation sites (tertiary alicyclic amines) is 1. The summed E-state index contributed by atoms with van der Waals surface area (Å²) in [5.41, 5.74) is 14.0. The minimum atomic E-state index is -0.448. The number of hydrogen-bond acceptors (Lipinski definition) is 5. The van der Waals surface area contributed by atoms with Crippen molar-refractivity contribution in [1.29, 1.82) is 0 Å². The number of piperidine rings is 1. The Balaban J connectivity index is 1.38. The number of para-hydroxylation sites is 1. The Kier molecular flexibility index (Phi) is 7.25. The number of aromatic nitrogens is 2. The van der Waals surface area contributed by atoms with Crippen LogP contribution >= 0.6 is 0 Å². The molecule has 6 heteroatoms. The monoisotopic (exact) mass is 527 g/mol. The zero-order chi connectivity index (χ0) is 27.5. The molecule has 1 saturated heterocycles. The van der Waals surface area contributed by atoms with E-state index in [1.807, 2.05) is 54.6 Å². The van der Waals surface area contributed by atoms with Gasteiger partial charge in [0.15, 0.2) is 0 Å². The lowest BCUT2D eigenvalue weighted by Gasteiger charge is -2.26. The smallest absolute Gasteiger partial charge is 0.249 e. The fraction of sp³-hybridized carbons (Fsp3) is 0.206. The molecule has 0 atom stereocenters. The Bertz CT molecular complexity index is 1680. The molecule has 0 spiro atoms. The van der Waals surface area contributed by atoms with Gasteiger partial charge in [-0.05, 0) is 85.4 Å². The van der Waals surface area contributed by atoms with E-state index in [2.05, 4.69) is 47.5 Å². The normalized spacial score (nSPS) is 13.8. The van der Waals surface area contributed by atoms with Crippen LogP contribution in [0, 0.1) is 6.92 Å². The van der Waals surface area contributed by atoms with Gasteiger partial charge in [-0.25, -0.2) is 9.97 Å². The Morgan fingerprint density at radius 1 is 0.850 bits per heavy atom. The van der Waals surface area contributed by atoms with E-state index in [1.54, 1.807) is 6.07 Å². The van der Waals surface area contributed by atoms with Crippen molar-refractivity contribution >= 4 is 28.4 Å². The second-order valence-electron chi connectivity index (χ2n) is 10.5. The standard InChI is InChI=1S/C34H33N5O/c1-23-14-15-24(22-39-18-8-3-9-19-39)20-29(23)30-21-26(16-17-27(30)33(35)40)36-34-37-31-13-7-6-12-28(31)32(38-34)25-10-4-2-5-11-25/h2,4-7,10-17,20-21H,3,8-9,18-19,22H2,1H3,(H2,35,40)(H,36,37,38). The van der Waals surface area contributed by atoms with Crippen molar-refractivity contribution in [3.8, 4) is 22.4 Å². The first-order valence-electron chi connectivity index (χ1n) is 13.9. The second-order valence-corrected chi connectivity index (χ2v) is 10.5. The third-order valence-corrected chi connectivity index (χ3v) is 7.64. The first-order chi connectivity index (χ1) is 19.5. The van der Waals surface area contributed by atoms with E-state index in [-0.39, 0.29) is 0 Å². The average Bonchev–Trinajstić information content (AvgIpc) is 2.98. The molecule has 1 aliphatic rings. The molecule has 1 aromatic heterocycles. The van der Waals surface area contributed by atoms with Crippen LogP contribution in [0.5, 0.6) is 0 Å². The van der Waals surface area contributed by atoms with Gasteiger partial charge in [0.05, 0.1) is 11.2 Å². The summed E-state index contributed by atoms with van der Waals surface area (Å²) in [6.45, 7) is 5.24. The first kappa shape index (κ1) is 25.7. The van der Waals surface area contributed by atoms with Crippen LogP contribution in [0.4, 0.5) is 11.6 Å². The topological polar surface area (TPSA) is 84.1 Å². The summed E-state index contributed by atoms with van der Waals surface area (Å²) in [5, 5.41) is 4.39. The van der Waals surface area contributed by atoms with Crippen molar-refractivity contribution < 1.29 is 4.79 Å². The SMILES string of the molecule is Cc1ccc(CN2CCCCC2)cc1-c1cc(Nc2nc(-c3ccccc3)c3ccccc3n2)ccc1C(N)=O. The van der Waals surface area contributed by atoms with E-state index in [4.69, 9.17) is 15.7 Å². The Hall–Kier alpha value is -4.55.